The van der Waals surface area contributed by atoms with Crippen molar-refractivity contribution in [1.82, 2.24) is 20.0 Å². The van der Waals surface area contributed by atoms with Crippen LogP contribution in [0.3, 0.4) is 0 Å². The van der Waals surface area contributed by atoms with E-state index in [1.807, 2.05) is 30.1 Å². The van der Waals surface area contributed by atoms with Crippen LogP contribution >= 0.6 is 0 Å². The fourth-order valence-corrected chi connectivity index (χ4v) is 3.83. The molecule has 0 saturated carbocycles. The summed E-state index contributed by atoms with van der Waals surface area (Å²) in [5, 5.41) is 18.3. The molecule has 0 radical (unpaired) electrons. The van der Waals surface area contributed by atoms with E-state index in [1.54, 1.807) is 20.3 Å². The number of aliphatic imine (C=N–C) groups is 1. The maximum Gasteiger partial charge on any atom is 0.194 e. The highest BCUT2D eigenvalue weighted by molar-refractivity contribution is 5.80. The molecule has 1 aromatic carbocycles. The van der Waals surface area contributed by atoms with Gasteiger partial charge in [0.15, 0.2) is 5.96 Å². The van der Waals surface area contributed by atoms with E-state index >= 15 is 0 Å². The zero-order valence-electron chi connectivity index (χ0n) is 18.3. The lowest BCUT2D eigenvalue weighted by Crippen LogP contribution is -2.40. The van der Waals surface area contributed by atoms with Gasteiger partial charge in [-0.15, -0.1) is 0 Å². The van der Waals surface area contributed by atoms with E-state index in [0.29, 0.717) is 17.4 Å². The molecule has 2 unspecified atom stereocenters. The van der Waals surface area contributed by atoms with Crippen LogP contribution in [0.15, 0.2) is 35.6 Å². The average Bonchev–Trinajstić information content (AvgIpc) is 3.39. The van der Waals surface area contributed by atoms with E-state index < -0.39 is 6.10 Å². The van der Waals surface area contributed by atoms with E-state index in [1.165, 1.54) is 5.56 Å². The minimum Gasteiger partial charge on any atom is -0.497 e. The fourth-order valence-electron chi connectivity index (χ4n) is 3.83. The number of ether oxygens (including phenoxy) is 2. The van der Waals surface area contributed by atoms with Gasteiger partial charge in [-0.25, -0.2) is 0 Å². The van der Waals surface area contributed by atoms with E-state index in [4.69, 9.17) is 14.5 Å². The second-order valence-electron chi connectivity index (χ2n) is 7.68. The number of hydrogen-bond donors (Lipinski definition) is 2. The molecule has 1 fully saturated rings. The van der Waals surface area contributed by atoms with Gasteiger partial charge >= 0.3 is 0 Å². The number of aromatic nitrogens is 2. The number of hydrogen-bond acceptors (Lipinski definition) is 5. The van der Waals surface area contributed by atoms with Crippen LogP contribution in [0.25, 0.3) is 0 Å². The lowest BCUT2D eigenvalue weighted by Gasteiger charge is -2.22. The van der Waals surface area contributed by atoms with Gasteiger partial charge in [-0.2, -0.15) is 5.10 Å². The number of aliphatic hydroxyl groups is 1. The number of aliphatic hydroxyl groups excluding tert-OH is 1. The van der Waals surface area contributed by atoms with Crippen LogP contribution in [0.2, 0.25) is 0 Å². The van der Waals surface area contributed by atoms with E-state index in [9.17, 15) is 5.11 Å². The third-order valence-electron chi connectivity index (χ3n) is 5.38. The van der Waals surface area contributed by atoms with Crippen molar-refractivity contribution in [2.45, 2.75) is 25.9 Å². The molecular weight excluding hydrogens is 382 g/mol. The van der Waals surface area contributed by atoms with Crippen molar-refractivity contribution >= 4 is 5.96 Å². The summed E-state index contributed by atoms with van der Waals surface area (Å²) < 4.78 is 12.5. The predicted octanol–water partition coefficient (Wildman–Crippen LogP) is 2.00. The van der Waals surface area contributed by atoms with Gasteiger partial charge in [-0.3, -0.25) is 9.67 Å². The normalized spacial score (nSPS) is 17.8. The number of nitrogens with zero attached hydrogens (tertiary/aromatic N) is 4. The molecule has 2 heterocycles. The van der Waals surface area contributed by atoms with E-state index in [0.717, 1.165) is 44.0 Å². The Kier molecular flexibility index (Phi) is 7.57. The van der Waals surface area contributed by atoms with Crippen LogP contribution in [-0.4, -0.2) is 66.1 Å². The third kappa shape index (κ3) is 5.66. The first-order valence-electron chi connectivity index (χ1n) is 10.4. The Morgan fingerprint density at radius 3 is 2.63 bits per heavy atom. The van der Waals surface area contributed by atoms with Crippen LogP contribution in [0.1, 0.15) is 30.6 Å². The SMILES string of the molecule is CCNC(=NCC(O)c1cc(OC)cc(OC)c1)N1CCC(Cc2cnn(C)c2)C1. The fraction of sp³-hybridized carbons (Fsp3) is 0.545. The molecule has 2 atom stereocenters. The van der Waals surface area contributed by atoms with E-state index in [-0.39, 0.29) is 6.54 Å². The second-order valence-corrected chi connectivity index (χ2v) is 7.68. The number of methoxy groups -OCH3 is 2. The maximum absolute atomic E-state index is 10.7. The maximum atomic E-state index is 10.7. The Hall–Kier alpha value is -2.74. The molecule has 0 amide bonds. The highest BCUT2D eigenvalue weighted by atomic mass is 16.5. The Bertz CT molecular complexity index is 829. The topological polar surface area (TPSA) is 84.1 Å². The minimum absolute atomic E-state index is 0.266. The first kappa shape index (κ1) is 22.0. The van der Waals surface area contributed by atoms with Crippen molar-refractivity contribution in [1.29, 1.82) is 0 Å². The highest BCUT2D eigenvalue weighted by Crippen LogP contribution is 2.27. The number of aryl methyl sites for hydroxylation is 1. The van der Waals surface area contributed by atoms with Crippen molar-refractivity contribution < 1.29 is 14.6 Å². The van der Waals surface area contributed by atoms with Gasteiger partial charge in [0.05, 0.1) is 33.1 Å². The zero-order valence-corrected chi connectivity index (χ0v) is 18.3. The zero-order chi connectivity index (χ0) is 21.5. The van der Waals surface area contributed by atoms with Gasteiger partial charge in [-0.05, 0) is 48.9 Å². The predicted molar refractivity (Wildman–Crippen MR) is 117 cm³/mol. The van der Waals surface area contributed by atoms with Crippen LogP contribution < -0.4 is 14.8 Å². The Balaban J connectivity index is 1.64. The molecule has 8 nitrogen and oxygen atoms in total. The van der Waals surface area contributed by atoms with Crippen molar-refractivity contribution in [3.63, 3.8) is 0 Å². The third-order valence-corrected chi connectivity index (χ3v) is 5.38. The van der Waals surface area contributed by atoms with Gasteiger partial charge < -0.3 is 24.8 Å². The molecular formula is C22H33N5O3. The van der Waals surface area contributed by atoms with Crippen LogP contribution in [-0.2, 0) is 13.5 Å². The summed E-state index contributed by atoms with van der Waals surface area (Å²) in [6, 6.07) is 5.42. The molecule has 3 rings (SSSR count). The monoisotopic (exact) mass is 415 g/mol. The number of guanidine groups is 1. The summed E-state index contributed by atoms with van der Waals surface area (Å²) in [5.74, 6) is 2.72. The van der Waals surface area contributed by atoms with Gasteiger partial charge in [0.2, 0.25) is 0 Å². The van der Waals surface area contributed by atoms with Crippen molar-refractivity contribution in [3.8, 4) is 11.5 Å². The number of rotatable bonds is 8. The van der Waals surface area contributed by atoms with Crippen molar-refractivity contribution in [2.24, 2.45) is 18.0 Å². The summed E-state index contributed by atoms with van der Waals surface area (Å²) in [6.45, 7) is 5.01. The summed E-state index contributed by atoms with van der Waals surface area (Å²) in [7, 11) is 5.15. The Morgan fingerprint density at radius 1 is 1.30 bits per heavy atom. The molecule has 1 aliphatic rings. The average molecular weight is 416 g/mol. The van der Waals surface area contributed by atoms with E-state index in [2.05, 4.69) is 28.4 Å². The Labute approximate surface area is 178 Å². The van der Waals surface area contributed by atoms with Crippen molar-refractivity contribution in [2.75, 3.05) is 40.4 Å². The van der Waals surface area contributed by atoms with Crippen LogP contribution in [0.5, 0.6) is 11.5 Å². The van der Waals surface area contributed by atoms with Gasteiger partial charge in [0, 0.05) is 38.9 Å². The molecule has 0 spiro atoms. The van der Waals surface area contributed by atoms with Crippen molar-refractivity contribution in [3.05, 3.63) is 41.7 Å². The highest BCUT2D eigenvalue weighted by Gasteiger charge is 2.25. The second kappa shape index (κ2) is 10.3. The molecule has 0 aliphatic carbocycles. The first-order chi connectivity index (χ1) is 14.5. The molecule has 2 aromatic rings. The van der Waals surface area contributed by atoms with Gasteiger partial charge in [0.1, 0.15) is 11.5 Å². The lowest BCUT2D eigenvalue weighted by molar-refractivity contribution is 0.185. The molecule has 1 aromatic heterocycles. The Morgan fingerprint density at radius 2 is 2.03 bits per heavy atom. The summed E-state index contributed by atoms with van der Waals surface area (Å²) >= 11 is 0. The molecule has 30 heavy (non-hydrogen) atoms. The summed E-state index contributed by atoms with van der Waals surface area (Å²) in [4.78, 5) is 6.99. The lowest BCUT2D eigenvalue weighted by atomic mass is 10.0. The minimum atomic E-state index is -0.739. The molecule has 2 N–H and O–H groups in total. The largest absolute Gasteiger partial charge is 0.497 e. The van der Waals surface area contributed by atoms with Gasteiger partial charge in [0.25, 0.3) is 0 Å². The quantitative estimate of drug-likeness (QED) is 0.507. The summed E-state index contributed by atoms with van der Waals surface area (Å²) in [5.41, 5.74) is 2.00. The number of nitrogens with one attached hydrogen (secondary N) is 1. The molecule has 1 aliphatic heterocycles. The number of likely N-dealkylation sites (tertiary alicyclic amines) is 1. The molecule has 1 saturated heterocycles. The standard InChI is InChI=1S/C22H33N5O3/c1-5-23-22(27-7-6-16(15-27)8-17-12-25-26(2)14-17)24-13-21(28)18-9-19(29-3)11-20(10-18)30-4/h9-12,14,16,21,28H,5-8,13,15H2,1-4H3,(H,23,24). The van der Waals surface area contributed by atoms with Crippen LogP contribution in [0, 0.1) is 5.92 Å². The summed E-state index contributed by atoms with van der Waals surface area (Å²) in [6.07, 6.45) is 5.43. The molecule has 0 bridgehead atoms. The first-order valence-corrected chi connectivity index (χ1v) is 10.4. The number of benzene rings is 1. The smallest absolute Gasteiger partial charge is 0.194 e. The van der Waals surface area contributed by atoms with Gasteiger partial charge in [-0.1, -0.05) is 0 Å². The van der Waals surface area contributed by atoms with Crippen LogP contribution in [0.4, 0.5) is 0 Å². The molecule has 164 valence electrons. The molecule has 8 heteroatoms.